The van der Waals surface area contributed by atoms with Gasteiger partial charge in [0.25, 0.3) is 5.91 Å². The third kappa shape index (κ3) is 3.95. The Morgan fingerprint density at radius 3 is 2.54 bits per heavy atom. The smallest absolute Gasteiger partial charge is 0.274 e. The molecule has 0 fully saturated rings. The number of methoxy groups -OCH3 is 1. The molecule has 0 aliphatic carbocycles. The number of carbonyl (C=O) groups excluding carboxylic acids is 1. The first-order chi connectivity index (χ1) is 12.6. The van der Waals surface area contributed by atoms with E-state index in [-0.39, 0.29) is 5.91 Å². The van der Waals surface area contributed by atoms with Crippen molar-refractivity contribution in [1.29, 1.82) is 0 Å². The van der Waals surface area contributed by atoms with Crippen LogP contribution in [0.2, 0.25) is 5.02 Å². The molecule has 132 valence electrons. The summed E-state index contributed by atoms with van der Waals surface area (Å²) in [7, 11) is 3.48. The molecule has 2 aromatic carbocycles. The highest BCUT2D eigenvalue weighted by Gasteiger charge is 2.12. The van der Waals surface area contributed by atoms with Crippen molar-refractivity contribution in [2.45, 2.75) is 0 Å². The van der Waals surface area contributed by atoms with Crippen LogP contribution in [0.1, 0.15) is 10.5 Å². The number of nitrogens with one attached hydrogen (secondary N) is 1. The minimum Gasteiger partial charge on any atom is -0.495 e. The number of ether oxygens (including phenoxy) is 1. The molecule has 0 bridgehead atoms. The normalized spacial score (nSPS) is 10.3. The molecule has 0 aliphatic heterocycles. The average molecular weight is 368 g/mol. The Bertz CT molecular complexity index is 916. The molecule has 26 heavy (non-hydrogen) atoms. The maximum absolute atomic E-state index is 12.5. The molecule has 0 radical (unpaired) electrons. The number of hydrogen-bond acceptors (Lipinski definition) is 4. The van der Waals surface area contributed by atoms with Crippen LogP contribution in [-0.2, 0) is 0 Å². The summed E-state index contributed by atoms with van der Waals surface area (Å²) in [5.74, 6) is 0.240. The first kappa shape index (κ1) is 17.8. The van der Waals surface area contributed by atoms with Gasteiger partial charge in [-0.05, 0) is 42.5 Å². The summed E-state index contributed by atoms with van der Waals surface area (Å²) >= 11 is 6.10. The van der Waals surface area contributed by atoms with Gasteiger partial charge in [-0.15, -0.1) is 0 Å². The van der Waals surface area contributed by atoms with Crippen LogP contribution in [0.4, 0.5) is 17.1 Å². The lowest BCUT2D eigenvalue weighted by atomic mass is 10.2. The van der Waals surface area contributed by atoms with E-state index >= 15 is 0 Å². The fourth-order valence-electron chi connectivity index (χ4n) is 2.49. The van der Waals surface area contributed by atoms with Crippen LogP contribution in [0.15, 0.2) is 66.9 Å². The minimum atomic E-state index is -0.311. The quantitative estimate of drug-likeness (QED) is 0.706. The highest BCUT2D eigenvalue weighted by Crippen LogP contribution is 2.28. The topological polar surface area (TPSA) is 54.5 Å². The third-order valence-corrected chi connectivity index (χ3v) is 4.21. The van der Waals surface area contributed by atoms with E-state index in [1.54, 1.807) is 30.5 Å². The number of hydrogen-bond donors (Lipinski definition) is 1. The number of anilines is 3. The molecule has 3 aromatic rings. The van der Waals surface area contributed by atoms with Crippen LogP contribution in [0, 0.1) is 0 Å². The number of nitrogens with zero attached hydrogens (tertiary/aromatic N) is 2. The van der Waals surface area contributed by atoms with Crippen LogP contribution >= 0.6 is 11.6 Å². The van der Waals surface area contributed by atoms with E-state index in [0.29, 0.717) is 22.2 Å². The summed E-state index contributed by atoms with van der Waals surface area (Å²) < 4.78 is 5.11. The molecule has 0 saturated heterocycles. The van der Waals surface area contributed by atoms with Crippen molar-refractivity contribution >= 4 is 34.6 Å². The summed E-state index contributed by atoms with van der Waals surface area (Å²) in [5, 5.41) is 3.22. The van der Waals surface area contributed by atoms with Crippen LogP contribution in [0.3, 0.4) is 0 Å². The zero-order chi connectivity index (χ0) is 18.5. The lowest BCUT2D eigenvalue weighted by molar-refractivity contribution is 0.102. The fourth-order valence-corrected chi connectivity index (χ4v) is 2.75. The Hall–Kier alpha value is -3.05. The Balaban J connectivity index is 1.79. The molecular formula is C20H18ClN3O2. The van der Waals surface area contributed by atoms with E-state index in [2.05, 4.69) is 10.3 Å². The summed E-state index contributed by atoms with van der Waals surface area (Å²) in [6.45, 7) is 0. The number of halogens is 1. The molecule has 0 unspecified atom stereocenters. The minimum absolute atomic E-state index is 0.311. The van der Waals surface area contributed by atoms with Gasteiger partial charge in [-0.2, -0.15) is 0 Å². The van der Waals surface area contributed by atoms with Crippen LogP contribution in [0.25, 0.3) is 0 Å². The van der Waals surface area contributed by atoms with E-state index in [4.69, 9.17) is 16.3 Å². The van der Waals surface area contributed by atoms with Crippen molar-refractivity contribution in [2.24, 2.45) is 0 Å². The van der Waals surface area contributed by atoms with Gasteiger partial charge >= 0.3 is 0 Å². The average Bonchev–Trinajstić information content (AvgIpc) is 2.68. The predicted octanol–water partition coefficient (Wildman–Crippen LogP) is 4.76. The van der Waals surface area contributed by atoms with Gasteiger partial charge < -0.3 is 15.0 Å². The number of carbonyl (C=O) groups is 1. The highest BCUT2D eigenvalue weighted by molar-refractivity contribution is 6.32. The van der Waals surface area contributed by atoms with Gasteiger partial charge in [-0.25, -0.2) is 0 Å². The van der Waals surface area contributed by atoms with E-state index in [1.165, 1.54) is 7.11 Å². The van der Waals surface area contributed by atoms with E-state index in [1.807, 2.05) is 48.3 Å². The summed E-state index contributed by atoms with van der Waals surface area (Å²) in [6.07, 6.45) is 1.62. The number of para-hydroxylation sites is 1. The maximum Gasteiger partial charge on any atom is 0.274 e. The number of rotatable bonds is 5. The molecule has 6 heteroatoms. The number of aromatic nitrogens is 1. The van der Waals surface area contributed by atoms with Crippen LogP contribution in [0.5, 0.6) is 5.75 Å². The molecule has 0 aliphatic rings. The molecular weight excluding hydrogens is 350 g/mol. The second kappa shape index (κ2) is 7.89. The van der Waals surface area contributed by atoms with Crippen LogP contribution < -0.4 is 15.0 Å². The maximum atomic E-state index is 12.5. The van der Waals surface area contributed by atoms with Gasteiger partial charge in [0.1, 0.15) is 11.4 Å². The summed E-state index contributed by atoms with van der Waals surface area (Å²) in [6, 6.07) is 18.6. The molecule has 0 atom stereocenters. The largest absolute Gasteiger partial charge is 0.495 e. The Morgan fingerprint density at radius 1 is 1.08 bits per heavy atom. The molecule has 1 heterocycles. The van der Waals surface area contributed by atoms with Crippen molar-refractivity contribution in [3.8, 4) is 5.75 Å². The zero-order valence-electron chi connectivity index (χ0n) is 14.4. The van der Waals surface area contributed by atoms with Gasteiger partial charge in [-0.3, -0.25) is 9.78 Å². The molecule has 1 amide bonds. The Morgan fingerprint density at radius 2 is 1.85 bits per heavy atom. The first-order valence-corrected chi connectivity index (χ1v) is 8.36. The van der Waals surface area contributed by atoms with Crippen molar-refractivity contribution in [2.75, 3.05) is 24.4 Å². The first-order valence-electron chi connectivity index (χ1n) is 7.98. The van der Waals surface area contributed by atoms with Crippen molar-refractivity contribution in [3.63, 3.8) is 0 Å². The highest BCUT2D eigenvalue weighted by atomic mass is 35.5. The fraction of sp³-hybridized carbons (Fsp3) is 0.100. The number of amides is 1. The van der Waals surface area contributed by atoms with Crippen LogP contribution in [-0.4, -0.2) is 25.0 Å². The number of benzene rings is 2. The molecule has 1 aromatic heterocycles. The molecule has 0 saturated carbocycles. The second-order valence-electron chi connectivity index (χ2n) is 5.60. The third-order valence-electron chi connectivity index (χ3n) is 3.92. The standard InChI is InChI=1S/C20H18ClN3O2/c1-24(15-6-4-3-5-7-15)16-10-11-22-18(13-16)20(25)23-14-8-9-19(26-2)17(21)12-14/h3-13H,1-2H3,(H,23,25). The van der Waals surface area contributed by atoms with Gasteiger partial charge in [0.05, 0.1) is 12.1 Å². The second-order valence-corrected chi connectivity index (χ2v) is 6.00. The van der Waals surface area contributed by atoms with Crippen molar-refractivity contribution in [3.05, 3.63) is 77.6 Å². The molecule has 1 N–H and O–H groups in total. The molecule has 5 nitrogen and oxygen atoms in total. The SMILES string of the molecule is COc1ccc(NC(=O)c2cc(N(C)c3ccccc3)ccn2)cc1Cl. The summed E-state index contributed by atoms with van der Waals surface area (Å²) in [4.78, 5) is 18.7. The van der Waals surface area contributed by atoms with E-state index < -0.39 is 0 Å². The molecule has 0 spiro atoms. The van der Waals surface area contributed by atoms with Gasteiger partial charge in [0.2, 0.25) is 0 Å². The lowest BCUT2D eigenvalue weighted by Crippen LogP contribution is -2.15. The monoisotopic (exact) mass is 367 g/mol. The van der Waals surface area contributed by atoms with Gasteiger partial charge in [0.15, 0.2) is 0 Å². The van der Waals surface area contributed by atoms with Crippen molar-refractivity contribution < 1.29 is 9.53 Å². The predicted molar refractivity (Wildman–Crippen MR) is 105 cm³/mol. The Kier molecular flexibility index (Phi) is 5.39. The zero-order valence-corrected chi connectivity index (χ0v) is 15.2. The number of pyridine rings is 1. The van der Waals surface area contributed by atoms with Gasteiger partial charge in [-0.1, -0.05) is 29.8 Å². The Labute approximate surface area is 157 Å². The molecule has 3 rings (SSSR count). The van der Waals surface area contributed by atoms with E-state index in [0.717, 1.165) is 11.4 Å². The van der Waals surface area contributed by atoms with E-state index in [9.17, 15) is 4.79 Å². The van der Waals surface area contributed by atoms with Gasteiger partial charge in [0, 0.05) is 30.3 Å². The van der Waals surface area contributed by atoms with Crippen molar-refractivity contribution in [1.82, 2.24) is 4.98 Å². The summed E-state index contributed by atoms with van der Waals surface area (Å²) in [5.41, 5.74) is 2.78. The lowest BCUT2D eigenvalue weighted by Gasteiger charge is -2.19.